The summed E-state index contributed by atoms with van der Waals surface area (Å²) in [5.74, 6) is 0. The molecule has 4 heteroatoms. The largest absolute Gasteiger partial charge is 0.380 e. The Labute approximate surface area is 89.0 Å². The van der Waals surface area contributed by atoms with Crippen LogP contribution in [0.4, 0.5) is 5.69 Å². The Morgan fingerprint density at radius 3 is 3.00 bits per heavy atom. The van der Waals surface area contributed by atoms with Crippen molar-refractivity contribution in [3.63, 3.8) is 0 Å². The minimum absolute atomic E-state index is 0.783. The van der Waals surface area contributed by atoms with Gasteiger partial charge >= 0.3 is 0 Å². The fraction of sp³-hybridized carbons (Fsp3) is 0.273. The predicted octanol–water partition coefficient (Wildman–Crippen LogP) is 1.91. The van der Waals surface area contributed by atoms with E-state index in [1.54, 1.807) is 6.20 Å². The molecule has 2 heterocycles. The van der Waals surface area contributed by atoms with Crippen LogP contribution in [-0.4, -0.2) is 14.8 Å². The Hall–Kier alpha value is -1.84. The van der Waals surface area contributed by atoms with Gasteiger partial charge in [0.2, 0.25) is 0 Å². The molecule has 0 amide bonds. The number of aromatic nitrogens is 3. The highest BCUT2D eigenvalue weighted by molar-refractivity contribution is 5.40. The van der Waals surface area contributed by atoms with Crippen molar-refractivity contribution in [1.29, 1.82) is 0 Å². The van der Waals surface area contributed by atoms with Crippen molar-refractivity contribution in [1.82, 2.24) is 14.8 Å². The van der Waals surface area contributed by atoms with Crippen LogP contribution in [-0.2, 0) is 13.1 Å². The Bertz CT molecular complexity index is 408. The number of anilines is 1. The topological polar surface area (TPSA) is 42.7 Å². The molecular formula is C11H14N4. The SMILES string of the molecule is CCn1cc(CNc2cccnc2)cn1. The second-order valence-electron chi connectivity index (χ2n) is 3.30. The van der Waals surface area contributed by atoms with E-state index >= 15 is 0 Å². The van der Waals surface area contributed by atoms with E-state index in [-0.39, 0.29) is 0 Å². The van der Waals surface area contributed by atoms with Gasteiger partial charge in [0.1, 0.15) is 0 Å². The number of aryl methyl sites for hydroxylation is 1. The summed E-state index contributed by atoms with van der Waals surface area (Å²) in [4.78, 5) is 4.04. The lowest BCUT2D eigenvalue weighted by atomic mass is 10.3. The van der Waals surface area contributed by atoms with Gasteiger partial charge in [-0.25, -0.2) is 0 Å². The number of nitrogens with zero attached hydrogens (tertiary/aromatic N) is 3. The summed E-state index contributed by atoms with van der Waals surface area (Å²) in [5.41, 5.74) is 2.21. The van der Waals surface area contributed by atoms with Gasteiger partial charge in [0, 0.05) is 37.2 Å². The molecular weight excluding hydrogens is 188 g/mol. The highest BCUT2D eigenvalue weighted by atomic mass is 15.3. The molecule has 4 nitrogen and oxygen atoms in total. The van der Waals surface area contributed by atoms with Gasteiger partial charge in [0.15, 0.2) is 0 Å². The quantitative estimate of drug-likeness (QED) is 0.823. The van der Waals surface area contributed by atoms with Crippen molar-refractivity contribution in [3.8, 4) is 0 Å². The van der Waals surface area contributed by atoms with Crippen molar-refractivity contribution >= 4 is 5.69 Å². The maximum absolute atomic E-state index is 4.21. The van der Waals surface area contributed by atoms with E-state index in [4.69, 9.17) is 0 Å². The van der Waals surface area contributed by atoms with Crippen molar-refractivity contribution in [2.45, 2.75) is 20.0 Å². The Morgan fingerprint density at radius 2 is 2.33 bits per heavy atom. The molecule has 0 aliphatic carbocycles. The molecule has 0 fully saturated rings. The Morgan fingerprint density at radius 1 is 1.40 bits per heavy atom. The molecule has 78 valence electrons. The van der Waals surface area contributed by atoms with Crippen molar-refractivity contribution in [2.75, 3.05) is 5.32 Å². The second kappa shape index (κ2) is 4.59. The molecule has 0 aliphatic rings. The van der Waals surface area contributed by atoms with Crippen LogP contribution in [0.25, 0.3) is 0 Å². The highest BCUT2D eigenvalue weighted by Crippen LogP contribution is 2.06. The summed E-state index contributed by atoms with van der Waals surface area (Å²) in [5, 5.41) is 7.49. The molecule has 0 radical (unpaired) electrons. The molecule has 0 bridgehead atoms. The molecule has 0 saturated carbocycles. The second-order valence-corrected chi connectivity index (χ2v) is 3.30. The first kappa shape index (κ1) is 9.71. The lowest BCUT2D eigenvalue weighted by Gasteiger charge is -2.02. The third-order valence-corrected chi connectivity index (χ3v) is 2.17. The van der Waals surface area contributed by atoms with Gasteiger partial charge < -0.3 is 5.32 Å². The van der Waals surface area contributed by atoms with Crippen LogP contribution in [0.1, 0.15) is 12.5 Å². The van der Waals surface area contributed by atoms with Crippen LogP contribution < -0.4 is 5.32 Å². The smallest absolute Gasteiger partial charge is 0.0539 e. The molecule has 0 spiro atoms. The predicted molar refractivity (Wildman–Crippen MR) is 59.5 cm³/mol. The van der Waals surface area contributed by atoms with Crippen LogP contribution in [0, 0.1) is 0 Å². The molecule has 1 N–H and O–H groups in total. The van der Waals surface area contributed by atoms with Crippen LogP contribution in [0.3, 0.4) is 0 Å². The van der Waals surface area contributed by atoms with Crippen molar-refractivity contribution < 1.29 is 0 Å². The molecule has 0 unspecified atom stereocenters. The van der Waals surface area contributed by atoms with Gasteiger partial charge in [0.25, 0.3) is 0 Å². The van der Waals surface area contributed by atoms with Gasteiger partial charge in [-0.05, 0) is 19.1 Å². The summed E-state index contributed by atoms with van der Waals surface area (Å²) in [6.07, 6.45) is 7.50. The number of hydrogen-bond acceptors (Lipinski definition) is 3. The zero-order valence-corrected chi connectivity index (χ0v) is 8.72. The van der Waals surface area contributed by atoms with Crippen LogP contribution in [0.15, 0.2) is 36.9 Å². The summed E-state index contributed by atoms with van der Waals surface area (Å²) < 4.78 is 1.92. The van der Waals surface area contributed by atoms with E-state index in [0.29, 0.717) is 0 Å². The standard InChI is InChI=1S/C11H14N4/c1-2-15-9-10(7-14-15)6-13-11-4-3-5-12-8-11/h3-5,7-9,13H,2,6H2,1H3. The first-order valence-corrected chi connectivity index (χ1v) is 5.03. The van der Waals surface area contributed by atoms with E-state index in [0.717, 1.165) is 18.8 Å². The maximum Gasteiger partial charge on any atom is 0.0539 e. The van der Waals surface area contributed by atoms with E-state index < -0.39 is 0 Å². The van der Waals surface area contributed by atoms with Crippen LogP contribution in [0.2, 0.25) is 0 Å². The molecule has 2 rings (SSSR count). The Kier molecular flexibility index (Phi) is 2.97. The third-order valence-electron chi connectivity index (χ3n) is 2.17. The van der Waals surface area contributed by atoms with Gasteiger partial charge in [-0.15, -0.1) is 0 Å². The maximum atomic E-state index is 4.21. The van der Waals surface area contributed by atoms with Gasteiger partial charge in [-0.3, -0.25) is 9.67 Å². The van der Waals surface area contributed by atoms with E-state index in [1.807, 2.05) is 35.4 Å². The average molecular weight is 202 g/mol. The first-order valence-electron chi connectivity index (χ1n) is 5.03. The number of pyridine rings is 1. The molecule has 2 aromatic heterocycles. The fourth-order valence-electron chi connectivity index (χ4n) is 1.34. The molecule has 15 heavy (non-hydrogen) atoms. The zero-order chi connectivity index (χ0) is 10.5. The molecule has 0 atom stereocenters. The monoisotopic (exact) mass is 202 g/mol. The van der Waals surface area contributed by atoms with E-state index in [1.165, 1.54) is 5.56 Å². The van der Waals surface area contributed by atoms with Gasteiger partial charge in [-0.2, -0.15) is 5.10 Å². The van der Waals surface area contributed by atoms with Crippen molar-refractivity contribution in [2.24, 2.45) is 0 Å². The van der Waals surface area contributed by atoms with Gasteiger partial charge in [0.05, 0.1) is 11.9 Å². The van der Waals surface area contributed by atoms with Crippen LogP contribution in [0.5, 0.6) is 0 Å². The lowest BCUT2D eigenvalue weighted by Crippen LogP contribution is -1.98. The number of rotatable bonds is 4. The first-order chi connectivity index (χ1) is 7.38. The molecule has 0 saturated heterocycles. The fourth-order valence-corrected chi connectivity index (χ4v) is 1.34. The van der Waals surface area contributed by atoms with Crippen molar-refractivity contribution in [3.05, 3.63) is 42.5 Å². The van der Waals surface area contributed by atoms with E-state index in [2.05, 4.69) is 22.3 Å². The summed E-state index contributed by atoms with van der Waals surface area (Å²) in [6.45, 7) is 3.77. The summed E-state index contributed by atoms with van der Waals surface area (Å²) in [6, 6.07) is 3.91. The highest BCUT2D eigenvalue weighted by Gasteiger charge is 1.96. The molecule has 0 aliphatic heterocycles. The average Bonchev–Trinajstić information content (AvgIpc) is 2.76. The third kappa shape index (κ3) is 2.56. The van der Waals surface area contributed by atoms with Crippen LogP contribution >= 0.6 is 0 Å². The Balaban J connectivity index is 1.93. The van der Waals surface area contributed by atoms with E-state index in [9.17, 15) is 0 Å². The minimum atomic E-state index is 0.783. The minimum Gasteiger partial charge on any atom is -0.380 e. The number of hydrogen-bond donors (Lipinski definition) is 1. The normalized spacial score (nSPS) is 10.2. The molecule has 2 aromatic rings. The summed E-state index contributed by atoms with van der Waals surface area (Å²) in [7, 11) is 0. The zero-order valence-electron chi connectivity index (χ0n) is 8.72. The number of nitrogens with one attached hydrogen (secondary N) is 1. The molecule has 0 aromatic carbocycles. The lowest BCUT2D eigenvalue weighted by molar-refractivity contribution is 0.659. The van der Waals surface area contributed by atoms with Gasteiger partial charge in [-0.1, -0.05) is 0 Å². The summed E-state index contributed by atoms with van der Waals surface area (Å²) >= 11 is 0.